The third-order valence-electron chi connectivity index (χ3n) is 4.48. The predicted molar refractivity (Wildman–Crippen MR) is 89.3 cm³/mol. The third-order valence-corrected chi connectivity index (χ3v) is 4.48. The molecule has 2 aromatic rings. The zero-order valence-corrected chi connectivity index (χ0v) is 13.2. The largest absolute Gasteiger partial charge is 0.481 e. The number of carbonyl (C=O) groups is 2. The van der Waals surface area contributed by atoms with E-state index in [2.05, 4.69) is 0 Å². The van der Waals surface area contributed by atoms with Gasteiger partial charge in [0.2, 0.25) is 0 Å². The number of hydrogen-bond acceptors (Lipinski definition) is 4. The van der Waals surface area contributed by atoms with Gasteiger partial charge in [-0.2, -0.15) is 0 Å². The summed E-state index contributed by atoms with van der Waals surface area (Å²) in [6.07, 6.45) is 0. The molecule has 25 heavy (non-hydrogen) atoms. The van der Waals surface area contributed by atoms with Crippen LogP contribution in [0.3, 0.4) is 0 Å². The summed E-state index contributed by atoms with van der Waals surface area (Å²) in [4.78, 5) is 36.0. The van der Waals surface area contributed by atoms with Crippen LogP contribution in [0.5, 0.6) is 0 Å². The molecule has 1 saturated heterocycles. The van der Waals surface area contributed by atoms with Crippen molar-refractivity contribution >= 4 is 17.6 Å². The molecule has 2 aromatic carbocycles. The lowest BCUT2D eigenvalue weighted by Gasteiger charge is -2.16. The second-order valence-corrected chi connectivity index (χ2v) is 5.98. The van der Waals surface area contributed by atoms with Gasteiger partial charge in [0.05, 0.1) is 10.8 Å². The average molecular weight is 340 g/mol. The van der Waals surface area contributed by atoms with Crippen LogP contribution < -0.4 is 0 Å². The smallest absolute Gasteiger partial charge is 0.308 e. The lowest BCUT2D eigenvalue weighted by Crippen LogP contribution is -2.29. The lowest BCUT2D eigenvalue weighted by molar-refractivity contribution is -0.384. The molecule has 0 aromatic heterocycles. The van der Waals surface area contributed by atoms with Gasteiger partial charge in [-0.05, 0) is 17.7 Å². The second-order valence-electron chi connectivity index (χ2n) is 5.98. The third kappa shape index (κ3) is 3.35. The van der Waals surface area contributed by atoms with Gasteiger partial charge in [0.15, 0.2) is 0 Å². The zero-order chi connectivity index (χ0) is 18.0. The highest BCUT2D eigenvalue weighted by Gasteiger charge is 2.40. The van der Waals surface area contributed by atoms with Crippen molar-refractivity contribution in [2.45, 2.75) is 5.92 Å². The van der Waals surface area contributed by atoms with Crippen molar-refractivity contribution in [1.29, 1.82) is 0 Å². The second kappa shape index (κ2) is 6.72. The van der Waals surface area contributed by atoms with Gasteiger partial charge in [-0.3, -0.25) is 19.7 Å². The Labute approximate surface area is 143 Å². The van der Waals surface area contributed by atoms with E-state index >= 15 is 0 Å². The van der Waals surface area contributed by atoms with Crippen LogP contribution in [0.2, 0.25) is 0 Å². The molecule has 2 unspecified atom stereocenters. The van der Waals surface area contributed by atoms with Crippen molar-refractivity contribution in [3.8, 4) is 0 Å². The monoisotopic (exact) mass is 340 g/mol. The number of likely N-dealkylation sites (tertiary alicyclic amines) is 1. The molecule has 0 bridgehead atoms. The first kappa shape index (κ1) is 16.6. The summed E-state index contributed by atoms with van der Waals surface area (Å²) < 4.78 is 0. The van der Waals surface area contributed by atoms with Crippen LogP contribution >= 0.6 is 0 Å². The number of carboxylic acids is 1. The van der Waals surface area contributed by atoms with E-state index in [1.807, 2.05) is 0 Å². The Hall–Kier alpha value is -3.22. The number of carbonyl (C=O) groups excluding carboxylic acids is 1. The molecular formula is C18H16N2O5. The molecule has 0 spiro atoms. The summed E-state index contributed by atoms with van der Waals surface area (Å²) in [5, 5.41) is 20.3. The van der Waals surface area contributed by atoms with Gasteiger partial charge in [-0.1, -0.05) is 30.3 Å². The highest BCUT2D eigenvalue weighted by atomic mass is 16.6. The number of benzene rings is 2. The summed E-state index contributed by atoms with van der Waals surface area (Å²) in [6, 6.07) is 14.5. The number of carboxylic acid groups (broad SMARTS) is 1. The quantitative estimate of drug-likeness (QED) is 0.681. The summed E-state index contributed by atoms with van der Waals surface area (Å²) in [5.74, 6) is -2.33. The number of nitro benzene ring substituents is 1. The fourth-order valence-electron chi connectivity index (χ4n) is 3.16. The summed E-state index contributed by atoms with van der Waals surface area (Å²) in [7, 11) is 0. The molecule has 1 heterocycles. The van der Waals surface area contributed by atoms with Crippen molar-refractivity contribution in [2.75, 3.05) is 13.1 Å². The van der Waals surface area contributed by atoms with Crippen LogP contribution in [0.1, 0.15) is 21.8 Å². The first-order chi connectivity index (χ1) is 12.0. The Morgan fingerprint density at radius 2 is 1.68 bits per heavy atom. The number of amides is 1. The Balaban J connectivity index is 1.85. The maximum Gasteiger partial charge on any atom is 0.308 e. The van der Waals surface area contributed by atoms with Crippen LogP contribution in [0.15, 0.2) is 54.6 Å². The summed E-state index contributed by atoms with van der Waals surface area (Å²) in [5.41, 5.74) is 1.14. The van der Waals surface area contributed by atoms with Gasteiger partial charge in [-0.25, -0.2) is 0 Å². The maximum absolute atomic E-state index is 12.6. The van der Waals surface area contributed by atoms with Crippen LogP contribution in [0.25, 0.3) is 0 Å². The topological polar surface area (TPSA) is 101 Å². The van der Waals surface area contributed by atoms with Crippen molar-refractivity contribution in [1.82, 2.24) is 4.90 Å². The molecule has 1 N–H and O–H groups in total. The molecule has 7 heteroatoms. The number of aliphatic carboxylic acids is 1. The molecule has 0 aliphatic carbocycles. The van der Waals surface area contributed by atoms with Gasteiger partial charge in [0.25, 0.3) is 11.6 Å². The molecule has 1 aliphatic heterocycles. The average Bonchev–Trinajstić information content (AvgIpc) is 3.07. The first-order valence-electron chi connectivity index (χ1n) is 7.79. The summed E-state index contributed by atoms with van der Waals surface area (Å²) >= 11 is 0. The number of non-ortho nitro benzene ring substituents is 1. The summed E-state index contributed by atoms with van der Waals surface area (Å²) in [6.45, 7) is 0.382. The van der Waals surface area contributed by atoms with Crippen molar-refractivity contribution in [2.24, 2.45) is 5.92 Å². The minimum absolute atomic E-state index is 0.0501. The predicted octanol–water partition coefficient (Wildman–Crippen LogP) is 2.54. The molecule has 7 nitrogen and oxygen atoms in total. The Morgan fingerprint density at radius 3 is 2.24 bits per heavy atom. The molecule has 1 aliphatic rings. The molecule has 2 atom stereocenters. The molecule has 1 fully saturated rings. The van der Waals surface area contributed by atoms with E-state index in [9.17, 15) is 24.8 Å². The molecule has 0 radical (unpaired) electrons. The van der Waals surface area contributed by atoms with Crippen molar-refractivity contribution in [3.63, 3.8) is 0 Å². The molecule has 128 valence electrons. The standard InChI is InChI=1S/C18H16N2O5/c21-17(13-4-2-1-3-5-13)19-10-15(16(11-19)18(22)23)12-6-8-14(9-7-12)20(24)25/h1-9,15-16H,10-11H2,(H,22,23). The fourth-order valence-corrected chi connectivity index (χ4v) is 3.16. The maximum atomic E-state index is 12.6. The minimum Gasteiger partial charge on any atom is -0.481 e. The van der Waals surface area contributed by atoms with E-state index in [-0.39, 0.29) is 24.7 Å². The zero-order valence-electron chi connectivity index (χ0n) is 13.2. The van der Waals surface area contributed by atoms with E-state index in [1.54, 1.807) is 42.5 Å². The molecule has 0 saturated carbocycles. The van der Waals surface area contributed by atoms with E-state index in [0.717, 1.165) is 0 Å². The van der Waals surface area contributed by atoms with Gasteiger partial charge in [-0.15, -0.1) is 0 Å². The SMILES string of the molecule is O=C(O)C1CN(C(=O)c2ccccc2)CC1c1ccc([N+](=O)[O-])cc1. The lowest BCUT2D eigenvalue weighted by atomic mass is 9.89. The Kier molecular flexibility index (Phi) is 4.47. The van der Waals surface area contributed by atoms with E-state index in [0.29, 0.717) is 11.1 Å². The van der Waals surface area contributed by atoms with Gasteiger partial charge >= 0.3 is 5.97 Å². The number of rotatable bonds is 4. The molecular weight excluding hydrogens is 324 g/mol. The van der Waals surface area contributed by atoms with Crippen LogP contribution in [0.4, 0.5) is 5.69 Å². The van der Waals surface area contributed by atoms with Gasteiger partial charge in [0.1, 0.15) is 0 Å². The van der Waals surface area contributed by atoms with Gasteiger partial charge < -0.3 is 10.0 Å². The Bertz CT molecular complexity index is 804. The highest BCUT2D eigenvalue weighted by Crippen LogP contribution is 2.34. The van der Waals surface area contributed by atoms with E-state index in [4.69, 9.17) is 0 Å². The highest BCUT2D eigenvalue weighted by molar-refractivity contribution is 5.95. The fraction of sp³-hybridized carbons (Fsp3) is 0.222. The van der Waals surface area contributed by atoms with Crippen molar-refractivity contribution in [3.05, 3.63) is 75.8 Å². The van der Waals surface area contributed by atoms with Crippen molar-refractivity contribution < 1.29 is 19.6 Å². The Morgan fingerprint density at radius 1 is 1.04 bits per heavy atom. The van der Waals surface area contributed by atoms with Gasteiger partial charge in [0, 0.05) is 36.7 Å². The number of nitro groups is 1. The van der Waals surface area contributed by atoms with Crippen LogP contribution in [-0.2, 0) is 4.79 Å². The number of nitrogens with zero attached hydrogens (tertiary/aromatic N) is 2. The number of hydrogen-bond donors (Lipinski definition) is 1. The van der Waals surface area contributed by atoms with E-state index in [1.165, 1.54) is 17.0 Å². The minimum atomic E-state index is -0.980. The molecule has 3 rings (SSSR count). The van der Waals surface area contributed by atoms with E-state index < -0.39 is 22.7 Å². The van der Waals surface area contributed by atoms with Crippen LogP contribution in [0, 0.1) is 16.0 Å². The molecule has 1 amide bonds. The normalized spacial score (nSPS) is 19.6. The van der Waals surface area contributed by atoms with Crippen LogP contribution in [-0.4, -0.2) is 39.9 Å². The first-order valence-corrected chi connectivity index (χ1v) is 7.79.